The van der Waals surface area contributed by atoms with Gasteiger partial charge in [-0.3, -0.25) is 4.79 Å². The van der Waals surface area contributed by atoms with Gasteiger partial charge < -0.3 is 14.8 Å². The number of hydrogen-bond acceptors (Lipinski definition) is 5. The first-order chi connectivity index (χ1) is 14.2. The van der Waals surface area contributed by atoms with E-state index in [0.717, 1.165) is 16.6 Å². The van der Waals surface area contributed by atoms with Gasteiger partial charge >= 0.3 is 0 Å². The van der Waals surface area contributed by atoms with E-state index in [9.17, 15) is 4.79 Å². The van der Waals surface area contributed by atoms with Crippen molar-refractivity contribution >= 4 is 16.9 Å². The summed E-state index contributed by atoms with van der Waals surface area (Å²) in [5.41, 5.74) is 3.89. The predicted octanol–water partition coefficient (Wildman–Crippen LogP) is 3.48. The minimum atomic E-state index is -0.182. The third-order valence-electron chi connectivity index (χ3n) is 4.50. The van der Waals surface area contributed by atoms with Gasteiger partial charge in [0.15, 0.2) is 11.5 Å². The second-order valence-electron chi connectivity index (χ2n) is 6.47. The van der Waals surface area contributed by atoms with E-state index in [1.165, 1.54) is 0 Å². The predicted molar refractivity (Wildman–Crippen MR) is 109 cm³/mol. The van der Waals surface area contributed by atoms with Gasteiger partial charge in [0.05, 0.1) is 7.11 Å². The molecule has 29 heavy (non-hydrogen) atoms. The summed E-state index contributed by atoms with van der Waals surface area (Å²) in [7, 11) is 1.60. The fourth-order valence-corrected chi connectivity index (χ4v) is 2.94. The summed E-state index contributed by atoms with van der Waals surface area (Å²) in [4.78, 5) is 12.4. The first-order valence-corrected chi connectivity index (χ1v) is 9.15. The number of carbonyl (C=O) groups is 1. The van der Waals surface area contributed by atoms with E-state index in [2.05, 4.69) is 20.7 Å². The molecule has 1 aromatic heterocycles. The van der Waals surface area contributed by atoms with Crippen LogP contribution in [0.25, 0.3) is 11.0 Å². The zero-order chi connectivity index (χ0) is 20.1. The number of carbonyl (C=O) groups excluding carboxylic acids is 1. The summed E-state index contributed by atoms with van der Waals surface area (Å²) >= 11 is 0. The zero-order valence-corrected chi connectivity index (χ0v) is 15.9. The standard InChI is InChI=1S/C22H20N4O3/c1-28-21-11-16(7-10-20(21)29-14-15-5-3-2-4-6-15)13-23-22(27)17-8-9-18-19(12-17)25-26-24-18/h2-12H,13-14H2,1H3,(H,23,27)(H,24,25,26). The summed E-state index contributed by atoms with van der Waals surface area (Å²) in [6.45, 7) is 0.822. The lowest BCUT2D eigenvalue weighted by atomic mass is 10.1. The van der Waals surface area contributed by atoms with Crippen molar-refractivity contribution in [1.29, 1.82) is 0 Å². The van der Waals surface area contributed by atoms with Crippen LogP contribution < -0.4 is 14.8 Å². The van der Waals surface area contributed by atoms with Gasteiger partial charge in [-0.1, -0.05) is 36.4 Å². The molecule has 1 heterocycles. The van der Waals surface area contributed by atoms with Gasteiger partial charge in [0.25, 0.3) is 5.91 Å². The van der Waals surface area contributed by atoms with Crippen LogP contribution >= 0.6 is 0 Å². The fourth-order valence-electron chi connectivity index (χ4n) is 2.94. The molecule has 0 unspecified atom stereocenters. The normalized spacial score (nSPS) is 10.7. The van der Waals surface area contributed by atoms with Gasteiger partial charge in [-0.15, -0.1) is 0 Å². The largest absolute Gasteiger partial charge is 0.493 e. The Labute approximate surface area is 167 Å². The van der Waals surface area contributed by atoms with Crippen LogP contribution in [0.1, 0.15) is 21.5 Å². The molecule has 1 amide bonds. The van der Waals surface area contributed by atoms with Crippen LogP contribution in [0.3, 0.4) is 0 Å². The second kappa shape index (κ2) is 8.43. The molecule has 0 aliphatic heterocycles. The second-order valence-corrected chi connectivity index (χ2v) is 6.47. The molecule has 3 aromatic carbocycles. The van der Waals surface area contributed by atoms with Gasteiger partial charge in [0.2, 0.25) is 0 Å². The van der Waals surface area contributed by atoms with Gasteiger partial charge in [0, 0.05) is 12.1 Å². The maximum Gasteiger partial charge on any atom is 0.251 e. The minimum absolute atomic E-state index is 0.182. The Morgan fingerprint density at radius 3 is 2.59 bits per heavy atom. The highest BCUT2D eigenvalue weighted by Crippen LogP contribution is 2.29. The maximum atomic E-state index is 12.4. The number of H-pyrrole nitrogens is 1. The molecule has 0 saturated carbocycles. The lowest BCUT2D eigenvalue weighted by Crippen LogP contribution is -2.22. The molecule has 4 aromatic rings. The first-order valence-electron chi connectivity index (χ1n) is 9.15. The number of benzene rings is 3. The molecule has 7 nitrogen and oxygen atoms in total. The van der Waals surface area contributed by atoms with Crippen molar-refractivity contribution < 1.29 is 14.3 Å². The monoisotopic (exact) mass is 388 g/mol. The lowest BCUT2D eigenvalue weighted by Gasteiger charge is -2.13. The van der Waals surface area contributed by atoms with Crippen molar-refractivity contribution in [2.75, 3.05) is 7.11 Å². The Balaban J connectivity index is 1.40. The summed E-state index contributed by atoms with van der Waals surface area (Å²) in [6.07, 6.45) is 0. The van der Waals surface area contributed by atoms with Crippen molar-refractivity contribution in [3.8, 4) is 11.5 Å². The Kier molecular flexibility index (Phi) is 5.38. The van der Waals surface area contributed by atoms with E-state index >= 15 is 0 Å². The highest BCUT2D eigenvalue weighted by molar-refractivity contribution is 5.97. The van der Waals surface area contributed by atoms with Crippen LogP contribution in [0, 0.1) is 0 Å². The highest BCUT2D eigenvalue weighted by atomic mass is 16.5. The Morgan fingerprint density at radius 1 is 0.931 bits per heavy atom. The molecule has 7 heteroatoms. The molecule has 0 spiro atoms. The number of hydrogen-bond donors (Lipinski definition) is 2. The van der Waals surface area contributed by atoms with Gasteiger partial charge in [-0.2, -0.15) is 15.4 Å². The maximum absolute atomic E-state index is 12.4. The molecule has 0 aliphatic rings. The number of amides is 1. The smallest absolute Gasteiger partial charge is 0.251 e. The molecule has 0 radical (unpaired) electrons. The molecule has 0 aliphatic carbocycles. The summed E-state index contributed by atoms with van der Waals surface area (Å²) in [5.74, 6) is 1.10. The van der Waals surface area contributed by atoms with E-state index in [1.807, 2.05) is 48.5 Å². The number of fused-ring (bicyclic) bond motifs is 1. The number of aromatic amines is 1. The average molecular weight is 388 g/mol. The van der Waals surface area contributed by atoms with Crippen molar-refractivity contribution in [3.63, 3.8) is 0 Å². The van der Waals surface area contributed by atoms with E-state index < -0.39 is 0 Å². The summed E-state index contributed by atoms with van der Waals surface area (Å²) in [6, 6.07) is 20.7. The Hall–Kier alpha value is -3.87. The van der Waals surface area contributed by atoms with E-state index in [0.29, 0.717) is 35.7 Å². The molecule has 4 rings (SSSR count). The number of ether oxygens (including phenoxy) is 2. The topological polar surface area (TPSA) is 89.1 Å². The van der Waals surface area contributed by atoms with Crippen molar-refractivity contribution in [1.82, 2.24) is 20.7 Å². The van der Waals surface area contributed by atoms with Crippen LogP contribution in [0.15, 0.2) is 66.7 Å². The van der Waals surface area contributed by atoms with Crippen molar-refractivity contribution in [2.24, 2.45) is 0 Å². The van der Waals surface area contributed by atoms with E-state index in [1.54, 1.807) is 25.3 Å². The number of aromatic nitrogens is 3. The lowest BCUT2D eigenvalue weighted by molar-refractivity contribution is 0.0951. The fraction of sp³-hybridized carbons (Fsp3) is 0.136. The summed E-state index contributed by atoms with van der Waals surface area (Å²) < 4.78 is 11.3. The SMILES string of the molecule is COc1cc(CNC(=O)c2ccc3n[nH]nc3c2)ccc1OCc1ccccc1. The minimum Gasteiger partial charge on any atom is -0.493 e. The van der Waals surface area contributed by atoms with Crippen LogP contribution in [0.2, 0.25) is 0 Å². The zero-order valence-electron chi connectivity index (χ0n) is 15.9. The third-order valence-corrected chi connectivity index (χ3v) is 4.50. The van der Waals surface area contributed by atoms with Gasteiger partial charge in [0.1, 0.15) is 17.6 Å². The first kappa shape index (κ1) is 18.5. The number of nitrogens with one attached hydrogen (secondary N) is 2. The molecule has 0 atom stereocenters. The third kappa shape index (κ3) is 4.35. The van der Waals surface area contributed by atoms with Crippen LogP contribution in [0.4, 0.5) is 0 Å². The van der Waals surface area contributed by atoms with E-state index in [4.69, 9.17) is 9.47 Å². The highest BCUT2D eigenvalue weighted by Gasteiger charge is 2.10. The molecular weight excluding hydrogens is 368 g/mol. The Bertz CT molecular complexity index is 1130. The quantitative estimate of drug-likeness (QED) is 0.506. The number of nitrogens with zero attached hydrogens (tertiary/aromatic N) is 2. The Morgan fingerprint density at radius 2 is 1.76 bits per heavy atom. The van der Waals surface area contributed by atoms with Gasteiger partial charge in [-0.25, -0.2) is 0 Å². The molecular formula is C22H20N4O3. The number of methoxy groups -OCH3 is 1. The summed E-state index contributed by atoms with van der Waals surface area (Å²) in [5, 5.41) is 13.4. The van der Waals surface area contributed by atoms with Crippen LogP contribution in [0.5, 0.6) is 11.5 Å². The molecule has 2 N–H and O–H groups in total. The average Bonchev–Trinajstić information content (AvgIpc) is 3.25. The van der Waals surface area contributed by atoms with Crippen LogP contribution in [-0.4, -0.2) is 28.4 Å². The molecule has 0 fully saturated rings. The van der Waals surface area contributed by atoms with Gasteiger partial charge in [-0.05, 0) is 41.5 Å². The number of rotatable bonds is 7. The van der Waals surface area contributed by atoms with Crippen molar-refractivity contribution in [2.45, 2.75) is 13.2 Å². The van der Waals surface area contributed by atoms with Crippen molar-refractivity contribution in [3.05, 3.63) is 83.4 Å². The molecule has 0 bridgehead atoms. The van der Waals surface area contributed by atoms with E-state index in [-0.39, 0.29) is 5.91 Å². The molecule has 0 saturated heterocycles. The molecule has 146 valence electrons. The van der Waals surface area contributed by atoms with Crippen LogP contribution in [-0.2, 0) is 13.2 Å².